The maximum atomic E-state index is 11.7. The van der Waals surface area contributed by atoms with Crippen LogP contribution >= 0.6 is 0 Å². The molecule has 0 aliphatic rings. The van der Waals surface area contributed by atoms with E-state index in [2.05, 4.69) is 17.0 Å². The minimum Gasteiger partial charge on any atom is -0.491 e. The fraction of sp³-hybridized carbons (Fsp3) is 0.538. The third-order valence-electron chi connectivity index (χ3n) is 2.58. The van der Waals surface area contributed by atoms with Crippen LogP contribution in [0.25, 0.3) is 0 Å². The molecule has 0 bridgehead atoms. The molecule has 1 atom stereocenters. The van der Waals surface area contributed by atoms with Crippen LogP contribution in [-0.2, 0) is 11.2 Å². The lowest BCUT2D eigenvalue weighted by Gasteiger charge is -2.11. The molecule has 0 radical (unpaired) electrons. The zero-order valence-electron chi connectivity index (χ0n) is 11.0. The van der Waals surface area contributed by atoms with E-state index in [-0.39, 0.29) is 6.61 Å². The van der Waals surface area contributed by atoms with Crippen molar-refractivity contribution < 1.29 is 22.6 Å². The van der Waals surface area contributed by atoms with Gasteiger partial charge >= 0.3 is 6.36 Å². The van der Waals surface area contributed by atoms with Gasteiger partial charge in [0.1, 0.15) is 12.4 Å². The summed E-state index contributed by atoms with van der Waals surface area (Å²) in [5.74, 6) is 0.534. The van der Waals surface area contributed by atoms with Gasteiger partial charge in [0.05, 0.1) is 6.61 Å². The summed E-state index contributed by atoms with van der Waals surface area (Å²) in [6.07, 6.45) is -3.72. The first kappa shape index (κ1) is 15.8. The molecule has 0 saturated heterocycles. The number of nitrogens with one attached hydrogen (secondary N) is 1. The summed E-state index contributed by atoms with van der Waals surface area (Å²) in [5.41, 5.74) is 1.14. The first-order valence-corrected chi connectivity index (χ1v) is 6.00. The van der Waals surface area contributed by atoms with Crippen molar-refractivity contribution >= 4 is 0 Å². The lowest BCUT2D eigenvalue weighted by molar-refractivity contribution is -0.325. The van der Waals surface area contributed by atoms with E-state index in [0.29, 0.717) is 11.8 Å². The van der Waals surface area contributed by atoms with Crippen molar-refractivity contribution in [3.05, 3.63) is 29.8 Å². The summed E-state index contributed by atoms with van der Waals surface area (Å²) >= 11 is 0. The highest BCUT2D eigenvalue weighted by Gasteiger charge is 2.28. The molecule has 0 fully saturated rings. The second kappa shape index (κ2) is 7.35. The first-order valence-electron chi connectivity index (χ1n) is 6.00. The Morgan fingerprint density at radius 2 is 1.79 bits per heavy atom. The molecule has 1 rings (SSSR count). The van der Waals surface area contributed by atoms with E-state index in [1.807, 2.05) is 19.2 Å². The highest BCUT2D eigenvalue weighted by molar-refractivity contribution is 5.27. The molecule has 19 heavy (non-hydrogen) atoms. The van der Waals surface area contributed by atoms with E-state index >= 15 is 0 Å². The zero-order valence-corrected chi connectivity index (χ0v) is 11.0. The Bertz CT molecular complexity index is 365. The molecule has 0 heterocycles. The van der Waals surface area contributed by atoms with Crippen molar-refractivity contribution in [3.8, 4) is 5.75 Å². The Balaban J connectivity index is 2.32. The van der Waals surface area contributed by atoms with Crippen LogP contribution in [0.3, 0.4) is 0 Å². The SMILES string of the molecule is CNC(C)Cc1ccc(OCCOC(F)(F)F)cc1. The fourth-order valence-corrected chi connectivity index (χ4v) is 1.49. The number of hydrogen-bond acceptors (Lipinski definition) is 3. The molecular formula is C13H18F3NO2. The normalized spacial score (nSPS) is 13.3. The molecule has 3 nitrogen and oxygen atoms in total. The van der Waals surface area contributed by atoms with E-state index in [0.717, 1.165) is 12.0 Å². The highest BCUT2D eigenvalue weighted by Crippen LogP contribution is 2.16. The second-order valence-electron chi connectivity index (χ2n) is 4.18. The van der Waals surface area contributed by atoms with Crippen molar-refractivity contribution in [2.45, 2.75) is 25.7 Å². The number of ether oxygens (including phenoxy) is 2. The quantitative estimate of drug-likeness (QED) is 0.777. The van der Waals surface area contributed by atoms with Crippen molar-refractivity contribution in [2.75, 3.05) is 20.3 Å². The molecule has 0 aliphatic heterocycles. The molecule has 0 amide bonds. The number of benzene rings is 1. The molecule has 0 aliphatic carbocycles. The van der Waals surface area contributed by atoms with Crippen LogP contribution in [0.2, 0.25) is 0 Å². The van der Waals surface area contributed by atoms with Gasteiger partial charge in [-0.3, -0.25) is 4.74 Å². The monoisotopic (exact) mass is 277 g/mol. The van der Waals surface area contributed by atoms with E-state index in [1.165, 1.54) is 0 Å². The van der Waals surface area contributed by atoms with E-state index in [1.54, 1.807) is 12.1 Å². The van der Waals surface area contributed by atoms with Gasteiger partial charge in [0.15, 0.2) is 0 Å². The van der Waals surface area contributed by atoms with Crippen LogP contribution in [0.4, 0.5) is 13.2 Å². The van der Waals surface area contributed by atoms with E-state index < -0.39 is 13.0 Å². The Morgan fingerprint density at radius 1 is 1.16 bits per heavy atom. The second-order valence-corrected chi connectivity index (χ2v) is 4.18. The van der Waals surface area contributed by atoms with E-state index in [9.17, 15) is 13.2 Å². The number of rotatable bonds is 7. The molecule has 1 aromatic carbocycles. The van der Waals surface area contributed by atoms with Crippen LogP contribution in [0, 0.1) is 0 Å². The third kappa shape index (κ3) is 7.03. The molecular weight excluding hydrogens is 259 g/mol. The first-order chi connectivity index (χ1) is 8.90. The molecule has 1 N–H and O–H groups in total. The van der Waals surface area contributed by atoms with Gasteiger partial charge in [-0.05, 0) is 38.1 Å². The van der Waals surface area contributed by atoms with Crippen molar-refractivity contribution in [1.82, 2.24) is 5.32 Å². The summed E-state index contributed by atoms with van der Waals surface area (Å²) < 4.78 is 43.9. The lowest BCUT2D eigenvalue weighted by atomic mass is 10.1. The molecule has 1 unspecified atom stereocenters. The molecule has 0 saturated carbocycles. The lowest BCUT2D eigenvalue weighted by Crippen LogP contribution is -2.23. The standard InChI is InChI=1S/C13H18F3NO2/c1-10(17-2)9-11-3-5-12(6-4-11)18-7-8-19-13(14,15)16/h3-6,10,17H,7-9H2,1-2H3. The molecule has 0 aromatic heterocycles. The smallest absolute Gasteiger partial charge is 0.491 e. The Kier molecular flexibility index (Phi) is 6.11. The van der Waals surface area contributed by atoms with Gasteiger partial charge < -0.3 is 10.1 Å². The van der Waals surface area contributed by atoms with Gasteiger partial charge in [0, 0.05) is 6.04 Å². The van der Waals surface area contributed by atoms with Crippen LogP contribution in [0.5, 0.6) is 5.75 Å². The van der Waals surface area contributed by atoms with Gasteiger partial charge in [-0.2, -0.15) is 0 Å². The predicted octanol–water partition coefficient (Wildman–Crippen LogP) is 2.75. The van der Waals surface area contributed by atoms with Gasteiger partial charge in [0.25, 0.3) is 0 Å². The Hall–Kier alpha value is -1.27. The maximum absolute atomic E-state index is 11.7. The molecule has 1 aromatic rings. The average molecular weight is 277 g/mol. The molecule has 0 spiro atoms. The van der Waals surface area contributed by atoms with Crippen molar-refractivity contribution in [1.29, 1.82) is 0 Å². The van der Waals surface area contributed by atoms with Gasteiger partial charge in [-0.25, -0.2) is 0 Å². The zero-order chi connectivity index (χ0) is 14.3. The minimum atomic E-state index is -4.60. The number of alkyl halides is 3. The van der Waals surface area contributed by atoms with Gasteiger partial charge in [-0.1, -0.05) is 12.1 Å². The minimum absolute atomic E-state index is 0.133. The Morgan fingerprint density at radius 3 is 2.32 bits per heavy atom. The summed E-state index contributed by atoms with van der Waals surface area (Å²) in [7, 11) is 1.89. The molecule has 6 heteroatoms. The van der Waals surface area contributed by atoms with Crippen LogP contribution in [0.15, 0.2) is 24.3 Å². The fourth-order valence-electron chi connectivity index (χ4n) is 1.49. The van der Waals surface area contributed by atoms with Crippen molar-refractivity contribution in [2.24, 2.45) is 0 Å². The third-order valence-corrected chi connectivity index (χ3v) is 2.58. The highest BCUT2D eigenvalue weighted by atomic mass is 19.4. The largest absolute Gasteiger partial charge is 0.522 e. The average Bonchev–Trinajstić information content (AvgIpc) is 2.35. The number of likely N-dealkylation sites (N-methyl/N-ethyl adjacent to an activating group) is 1. The topological polar surface area (TPSA) is 30.5 Å². The van der Waals surface area contributed by atoms with Crippen LogP contribution in [-0.4, -0.2) is 32.7 Å². The number of hydrogen-bond donors (Lipinski definition) is 1. The van der Waals surface area contributed by atoms with Gasteiger partial charge in [0.2, 0.25) is 0 Å². The van der Waals surface area contributed by atoms with E-state index in [4.69, 9.17) is 4.74 Å². The van der Waals surface area contributed by atoms with Crippen LogP contribution in [0.1, 0.15) is 12.5 Å². The van der Waals surface area contributed by atoms with Gasteiger partial charge in [-0.15, -0.1) is 13.2 Å². The summed E-state index contributed by atoms with van der Waals surface area (Å²) in [5, 5.41) is 3.13. The summed E-state index contributed by atoms with van der Waals surface area (Å²) in [6, 6.07) is 7.64. The molecule has 108 valence electrons. The Labute approximate surface area is 110 Å². The maximum Gasteiger partial charge on any atom is 0.522 e. The van der Waals surface area contributed by atoms with Crippen LogP contribution < -0.4 is 10.1 Å². The predicted molar refractivity (Wildman–Crippen MR) is 66.2 cm³/mol. The summed E-state index contributed by atoms with van der Waals surface area (Å²) in [6.45, 7) is 1.42. The number of halogens is 3. The van der Waals surface area contributed by atoms with Crippen molar-refractivity contribution in [3.63, 3.8) is 0 Å². The summed E-state index contributed by atoms with van der Waals surface area (Å²) in [4.78, 5) is 0.